The molecule has 0 fully saturated rings. The number of hydrogen-bond donors (Lipinski definition) is 0. The molecule has 0 atom stereocenters. The molecule has 0 aliphatic rings. The summed E-state index contributed by atoms with van der Waals surface area (Å²) >= 11 is 0. The van der Waals surface area contributed by atoms with Crippen molar-refractivity contribution in [2.45, 2.75) is 20.8 Å². The Morgan fingerprint density at radius 2 is 2.15 bits per heavy atom. The van der Waals surface area contributed by atoms with E-state index >= 15 is 0 Å². The van der Waals surface area contributed by atoms with Gasteiger partial charge in [-0.05, 0) is 32.4 Å². The Morgan fingerprint density at radius 1 is 1.46 bits per heavy atom. The molecule has 1 rings (SSSR count). The van der Waals surface area contributed by atoms with Crippen molar-refractivity contribution in [3.63, 3.8) is 0 Å². The van der Waals surface area contributed by atoms with E-state index in [-0.39, 0.29) is 5.78 Å². The molecule has 0 unspecified atom stereocenters. The van der Waals surface area contributed by atoms with Gasteiger partial charge in [-0.2, -0.15) is 0 Å². The molecule has 0 radical (unpaired) electrons. The van der Waals surface area contributed by atoms with E-state index in [9.17, 15) is 4.79 Å². The average molecular weight is 178 g/mol. The second-order valence-corrected chi connectivity index (χ2v) is 2.94. The van der Waals surface area contributed by atoms with E-state index in [1.807, 2.05) is 32.0 Å². The molecule has 1 aromatic carbocycles. The molecule has 13 heavy (non-hydrogen) atoms. The molecule has 1 aromatic rings. The van der Waals surface area contributed by atoms with Crippen molar-refractivity contribution in [2.75, 3.05) is 6.61 Å². The first-order chi connectivity index (χ1) is 6.16. The van der Waals surface area contributed by atoms with Gasteiger partial charge in [0.2, 0.25) is 0 Å². The van der Waals surface area contributed by atoms with E-state index in [4.69, 9.17) is 4.74 Å². The van der Waals surface area contributed by atoms with Crippen molar-refractivity contribution in [3.8, 4) is 5.75 Å². The highest BCUT2D eigenvalue weighted by atomic mass is 16.5. The maximum atomic E-state index is 11.3. The molecule has 0 saturated heterocycles. The van der Waals surface area contributed by atoms with Gasteiger partial charge in [0.25, 0.3) is 0 Å². The Bertz CT molecular complexity index is 316. The Balaban J connectivity index is 3.17. The number of carbonyl (C=O) groups is 1. The normalized spacial score (nSPS) is 9.77. The van der Waals surface area contributed by atoms with E-state index in [1.165, 1.54) is 0 Å². The molecular formula is C11H14O2. The summed E-state index contributed by atoms with van der Waals surface area (Å²) in [6.07, 6.45) is 0. The van der Waals surface area contributed by atoms with E-state index in [2.05, 4.69) is 0 Å². The van der Waals surface area contributed by atoms with Crippen LogP contribution in [0.1, 0.15) is 29.8 Å². The van der Waals surface area contributed by atoms with Crippen LogP contribution in [0.5, 0.6) is 5.75 Å². The quantitative estimate of drug-likeness (QED) is 0.665. The molecule has 0 spiro atoms. The molecule has 70 valence electrons. The summed E-state index contributed by atoms with van der Waals surface area (Å²) in [5.41, 5.74) is 1.67. The predicted octanol–water partition coefficient (Wildman–Crippen LogP) is 2.60. The summed E-state index contributed by atoms with van der Waals surface area (Å²) < 4.78 is 5.36. The zero-order valence-corrected chi connectivity index (χ0v) is 8.26. The Kier molecular flexibility index (Phi) is 3.07. The number of benzene rings is 1. The van der Waals surface area contributed by atoms with Crippen LogP contribution in [0.15, 0.2) is 18.2 Å². The molecular weight excluding hydrogens is 164 g/mol. The highest BCUT2D eigenvalue weighted by molar-refractivity contribution is 5.98. The summed E-state index contributed by atoms with van der Waals surface area (Å²) in [6, 6.07) is 5.64. The summed E-state index contributed by atoms with van der Waals surface area (Å²) in [4.78, 5) is 11.3. The van der Waals surface area contributed by atoms with Gasteiger partial charge in [0.1, 0.15) is 5.75 Å². The zero-order chi connectivity index (χ0) is 9.84. The lowest BCUT2D eigenvalue weighted by Gasteiger charge is -2.09. The first-order valence-electron chi connectivity index (χ1n) is 4.40. The van der Waals surface area contributed by atoms with Crippen molar-refractivity contribution in [3.05, 3.63) is 29.3 Å². The number of carbonyl (C=O) groups excluding carboxylic acids is 1. The van der Waals surface area contributed by atoms with E-state index in [1.54, 1.807) is 6.92 Å². The summed E-state index contributed by atoms with van der Waals surface area (Å²) in [6.45, 7) is 5.97. The summed E-state index contributed by atoms with van der Waals surface area (Å²) in [5.74, 6) is 0.747. The van der Waals surface area contributed by atoms with Crippen LogP contribution in [0.2, 0.25) is 0 Å². The minimum atomic E-state index is 0.0570. The SMILES string of the molecule is CCOc1cccc(C)c1C(C)=O. The van der Waals surface area contributed by atoms with Crippen LogP contribution in [-0.4, -0.2) is 12.4 Å². The van der Waals surface area contributed by atoms with Crippen LogP contribution in [0.25, 0.3) is 0 Å². The smallest absolute Gasteiger partial charge is 0.163 e. The fourth-order valence-electron chi connectivity index (χ4n) is 1.37. The van der Waals surface area contributed by atoms with E-state index in [0.29, 0.717) is 17.9 Å². The van der Waals surface area contributed by atoms with Crippen LogP contribution < -0.4 is 4.74 Å². The minimum absolute atomic E-state index is 0.0570. The third-order valence-electron chi connectivity index (χ3n) is 1.89. The number of ether oxygens (including phenoxy) is 1. The number of hydrogen-bond acceptors (Lipinski definition) is 2. The summed E-state index contributed by atoms with van der Waals surface area (Å²) in [7, 11) is 0. The molecule has 0 heterocycles. The second kappa shape index (κ2) is 4.08. The zero-order valence-electron chi connectivity index (χ0n) is 8.26. The van der Waals surface area contributed by atoms with E-state index < -0.39 is 0 Å². The average Bonchev–Trinajstić information content (AvgIpc) is 2.04. The van der Waals surface area contributed by atoms with Gasteiger partial charge in [-0.1, -0.05) is 12.1 Å². The molecule has 2 nitrogen and oxygen atoms in total. The largest absolute Gasteiger partial charge is 0.493 e. The van der Waals surface area contributed by atoms with Crippen molar-refractivity contribution in [1.29, 1.82) is 0 Å². The van der Waals surface area contributed by atoms with Crippen molar-refractivity contribution < 1.29 is 9.53 Å². The van der Waals surface area contributed by atoms with Gasteiger partial charge in [0.05, 0.1) is 12.2 Å². The first-order valence-corrected chi connectivity index (χ1v) is 4.40. The lowest BCUT2D eigenvalue weighted by molar-refractivity contribution is 0.101. The lowest BCUT2D eigenvalue weighted by Crippen LogP contribution is -2.02. The van der Waals surface area contributed by atoms with Gasteiger partial charge in [0, 0.05) is 0 Å². The molecule has 0 aromatic heterocycles. The van der Waals surface area contributed by atoms with Gasteiger partial charge >= 0.3 is 0 Å². The maximum Gasteiger partial charge on any atom is 0.163 e. The van der Waals surface area contributed by atoms with Gasteiger partial charge in [-0.3, -0.25) is 4.79 Å². The van der Waals surface area contributed by atoms with Crippen LogP contribution in [0.3, 0.4) is 0 Å². The highest BCUT2D eigenvalue weighted by Gasteiger charge is 2.10. The molecule has 0 aliphatic heterocycles. The predicted molar refractivity (Wildman–Crippen MR) is 52.4 cm³/mol. The highest BCUT2D eigenvalue weighted by Crippen LogP contribution is 2.22. The van der Waals surface area contributed by atoms with Crippen molar-refractivity contribution >= 4 is 5.78 Å². The fraction of sp³-hybridized carbons (Fsp3) is 0.364. The molecule has 2 heteroatoms. The van der Waals surface area contributed by atoms with Crippen molar-refractivity contribution in [2.24, 2.45) is 0 Å². The lowest BCUT2D eigenvalue weighted by atomic mass is 10.0. The number of aryl methyl sites for hydroxylation is 1. The third-order valence-corrected chi connectivity index (χ3v) is 1.89. The number of rotatable bonds is 3. The van der Waals surface area contributed by atoms with Gasteiger partial charge in [0.15, 0.2) is 5.78 Å². The van der Waals surface area contributed by atoms with E-state index in [0.717, 1.165) is 5.56 Å². The Hall–Kier alpha value is -1.31. The van der Waals surface area contributed by atoms with Gasteiger partial charge in [-0.25, -0.2) is 0 Å². The minimum Gasteiger partial charge on any atom is -0.493 e. The molecule has 0 bridgehead atoms. The van der Waals surface area contributed by atoms with Gasteiger partial charge < -0.3 is 4.74 Å². The monoisotopic (exact) mass is 178 g/mol. The van der Waals surface area contributed by atoms with Crippen LogP contribution in [0, 0.1) is 6.92 Å². The van der Waals surface area contributed by atoms with Crippen LogP contribution in [0.4, 0.5) is 0 Å². The molecule has 0 N–H and O–H groups in total. The maximum absolute atomic E-state index is 11.3. The fourth-order valence-corrected chi connectivity index (χ4v) is 1.37. The first kappa shape index (κ1) is 9.78. The third kappa shape index (κ3) is 2.08. The second-order valence-electron chi connectivity index (χ2n) is 2.94. The Morgan fingerprint density at radius 3 is 2.69 bits per heavy atom. The molecule has 0 amide bonds. The Labute approximate surface area is 78.5 Å². The number of Topliss-reactive ketones (excluding diaryl/α,β-unsaturated/α-hetero) is 1. The summed E-state index contributed by atoms with van der Waals surface area (Å²) in [5, 5.41) is 0. The molecule has 0 saturated carbocycles. The molecule has 0 aliphatic carbocycles. The van der Waals surface area contributed by atoms with Crippen LogP contribution in [-0.2, 0) is 0 Å². The van der Waals surface area contributed by atoms with Gasteiger partial charge in [-0.15, -0.1) is 0 Å². The number of ketones is 1. The topological polar surface area (TPSA) is 26.3 Å². The van der Waals surface area contributed by atoms with Crippen molar-refractivity contribution in [1.82, 2.24) is 0 Å². The standard InChI is InChI=1S/C11H14O2/c1-4-13-10-7-5-6-8(2)11(10)9(3)12/h5-7H,4H2,1-3H3. The van der Waals surface area contributed by atoms with Crippen LogP contribution >= 0.6 is 0 Å².